The van der Waals surface area contributed by atoms with Crippen LogP contribution in [0.2, 0.25) is 10.0 Å². The Balaban J connectivity index is 2.54. The molecule has 0 aromatic heterocycles. The van der Waals surface area contributed by atoms with E-state index in [1.165, 1.54) is 6.08 Å². The van der Waals surface area contributed by atoms with E-state index in [1.54, 1.807) is 18.2 Å². The van der Waals surface area contributed by atoms with Crippen LogP contribution in [0.4, 0.5) is 0 Å². The Morgan fingerprint density at radius 3 is 2.12 bits per heavy atom. The molecule has 1 rings (SSSR count). The normalized spacial score (nSPS) is 11.6. The van der Waals surface area contributed by atoms with Gasteiger partial charge in [-0.15, -0.1) is 0 Å². The highest BCUT2D eigenvalue weighted by atomic mass is 35.5. The summed E-state index contributed by atoms with van der Waals surface area (Å²) in [6, 6.07) is 3.21. The van der Waals surface area contributed by atoms with Gasteiger partial charge in [0, 0.05) is 18.6 Å². The lowest BCUT2D eigenvalue weighted by molar-refractivity contribution is 0.115. The maximum atomic E-state index is 6.21. The van der Waals surface area contributed by atoms with Crippen molar-refractivity contribution in [2.75, 3.05) is 19.8 Å². The standard InChI is InChI=1S/C16H16Cl6O3/c1-10(2-5-23-6-3-14(19)20)25-16-12(17)8-11(9-13(16)18)24-7-4-15(21)22/h3-4,8-10H,2,5-7H2,1H3. The van der Waals surface area contributed by atoms with Crippen LogP contribution in [0.25, 0.3) is 0 Å². The lowest BCUT2D eigenvalue weighted by Gasteiger charge is -2.17. The minimum absolute atomic E-state index is 0.122. The summed E-state index contributed by atoms with van der Waals surface area (Å²) in [6.07, 6.45) is 3.55. The second-order valence-corrected chi connectivity index (χ2v) is 7.64. The molecule has 1 aromatic rings. The molecule has 0 bridgehead atoms. The van der Waals surface area contributed by atoms with E-state index in [9.17, 15) is 0 Å². The molecule has 9 heteroatoms. The van der Waals surface area contributed by atoms with Crippen LogP contribution in [-0.2, 0) is 4.74 Å². The molecular formula is C16H16Cl6O3. The van der Waals surface area contributed by atoms with Gasteiger partial charge in [0.1, 0.15) is 21.3 Å². The van der Waals surface area contributed by atoms with Crippen LogP contribution in [0, 0.1) is 0 Å². The van der Waals surface area contributed by atoms with Crippen molar-refractivity contribution >= 4 is 69.6 Å². The van der Waals surface area contributed by atoms with E-state index in [2.05, 4.69) is 0 Å². The molecule has 0 spiro atoms. The van der Waals surface area contributed by atoms with Crippen molar-refractivity contribution in [3.05, 3.63) is 43.3 Å². The lowest BCUT2D eigenvalue weighted by Crippen LogP contribution is -2.15. The first-order valence-corrected chi connectivity index (χ1v) is 9.45. The van der Waals surface area contributed by atoms with E-state index in [0.717, 1.165) is 0 Å². The predicted molar refractivity (Wildman–Crippen MR) is 107 cm³/mol. The van der Waals surface area contributed by atoms with Crippen LogP contribution in [0.15, 0.2) is 33.3 Å². The van der Waals surface area contributed by atoms with Crippen molar-refractivity contribution in [2.24, 2.45) is 0 Å². The first-order chi connectivity index (χ1) is 11.8. The molecule has 3 nitrogen and oxygen atoms in total. The Morgan fingerprint density at radius 2 is 1.56 bits per heavy atom. The van der Waals surface area contributed by atoms with Gasteiger partial charge in [-0.25, -0.2) is 0 Å². The van der Waals surface area contributed by atoms with Gasteiger partial charge < -0.3 is 14.2 Å². The second-order valence-electron chi connectivity index (χ2n) is 4.81. The maximum absolute atomic E-state index is 6.21. The molecule has 0 heterocycles. The fourth-order valence-electron chi connectivity index (χ4n) is 1.65. The van der Waals surface area contributed by atoms with Crippen molar-refractivity contribution in [3.63, 3.8) is 0 Å². The highest BCUT2D eigenvalue weighted by molar-refractivity contribution is 6.56. The van der Waals surface area contributed by atoms with Crippen LogP contribution in [0.5, 0.6) is 11.5 Å². The molecule has 1 atom stereocenters. The summed E-state index contributed by atoms with van der Waals surface area (Å²) in [6.45, 7) is 2.89. The monoisotopic (exact) mass is 466 g/mol. The minimum atomic E-state index is -0.157. The first-order valence-electron chi connectivity index (χ1n) is 7.18. The van der Waals surface area contributed by atoms with Crippen molar-refractivity contribution in [1.29, 1.82) is 0 Å². The summed E-state index contributed by atoms with van der Waals surface area (Å²) in [7, 11) is 0. The third-order valence-corrected chi connectivity index (χ3v) is 3.98. The van der Waals surface area contributed by atoms with Crippen LogP contribution >= 0.6 is 69.6 Å². The molecule has 0 radical (unpaired) electrons. The molecule has 0 aliphatic heterocycles. The van der Waals surface area contributed by atoms with Gasteiger partial charge >= 0.3 is 0 Å². The van der Waals surface area contributed by atoms with Gasteiger partial charge in [-0.05, 0) is 19.1 Å². The van der Waals surface area contributed by atoms with Crippen LogP contribution in [-0.4, -0.2) is 25.9 Å². The summed E-state index contributed by atoms with van der Waals surface area (Å²) < 4.78 is 16.9. The molecule has 0 saturated carbocycles. The Labute approximate surface area is 177 Å². The van der Waals surface area contributed by atoms with E-state index in [4.69, 9.17) is 83.8 Å². The number of ether oxygens (including phenoxy) is 3. The summed E-state index contributed by atoms with van der Waals surface area (Å²) in [5, 5.41) is 0.682. The van der Waals surface area contributed by atoms with Gasteiger partial charge in [-0.2, -0.15) is 0 Å². The molecule has 0 N–H and O–H groups in total. The van der Waals surface area contributed by atoms with Gasteiger partial charge in [-0.3, -0.25) is 0 Å². The molecule has 140 valence electrons. The van der Waals surface area contributed by atoms with Crippen LogP contribution < -0.4 is 9.47 Å². The molecule has 1 unspecified atom stereocenters. The van der Waals surface area contributed by atoms with E-state index in [1.807, 2.05) is 6.92 Å². The summed E-state index contributed by atoms with van der Waals surface area (Å²) in [4.78, 5) is 0. The molecule has 0 aliphatic carbocycles. The fourth-order valence-corrected chi connectivity index (χ4v) is 2.46. The second kappa shape index (κ2) is 12.4. The fraction of sp³-hybridized carbons (Fsp3) is 0.375. The third-order valence-electron chi connectivity index (χ3n) is 2.80. The smallest absolute Gasteiger partial charge is 0.157 e. The molecule has 0 fully saturated rings. The highest BCUT2D eigenvalue weighted by Gasteiger charge is 2.14. The number of hydrogen-bond donors (Lipinski definition) is 0. The average molecular weight is 469 g/mol. The van der Waals surface area contributed by atoms with Gasteiger partial charge in [-0.1, -0.05) is 69.6 Å². The van der Waals surface area contributed by atoms with Crippen molar-refractivity contribution in [1.82, 2.24) is 0 Å². The van der Waals surface area contributed by atoms with E-state index < -0.39 is 0 Å². The quantitative estimate of drug-likeness (QED) is 0.340. The zero-order valence-corrected chi connectivity index (χ0v) is 17.7. The van der Waals surface area contributed by atoms with Gasteiger partial charge in [0.15, 0.2) is 5.75 Å². The first kappa shape index (κ1) is 23.0. The summed E-state index contributed by atoms with van der Waals surface area (Å²) in [5.74, 6) is 0.867. The number of halogens is 6. The Bertz CT molecular complexity index is 587. The predicted octanol–water partition coefficient (Wildman–Crippen LogP) is 7.18. The highest BCUT2D eigenvalue weighted by Crippen LogP contribution is 2.37. The molecule has 25 heavy (non-hydrogen) atoms. The molecule has 1 aromatic carbocycles. The number of benzene rings is 1. The zero-order valence-electron chi connectivity index (χ0n) is 13.2. The van der Waals surface area contributed by atoms with Crippen molar-refractivity contribution in [2.45, 2.75) is 19.4 Å². The van der Waals surface area contributed by atoms with Crippen molar-refractivity contribution < 1.29 is 14.2 Å². The molecule has 0 aliphatic rings. The maximum Gasteiger partial charge on any atom is 0.157 e. The molecular weight excluding hydrogens is 453 g/mol. The number of hydrogen-bond acceptors (Lipinski definition) is 3. The van der Waals surface area contributed by atoms with Gasteiger partial charge in [0.05, 0.1) is 29.4 Å². The van der Waals surface area contributed by atoms with Crippen molar-refractivity contribution in [3.8, 4) is 11.5 Å². The molecule has 0 saturated heterocycles. The Hall–Kier alpha value is -0.000000000000000167. The Morgan fingerprint density at radius 1 is 1.00 bits per heavy atom. The van der Waals surface area contributed by atoms with Gasteiger partial charge in [0.25, 0.3) is 0 Å². The van der Waals surface area contributed by atoms with Gasteiger partial charge in [0.2, 0.25) is 0 Å². The third kappa shape index (κ3) is 10.0. The number of rotatable bonds is 10. The van der Waals surface area contributed by atoms with Crippen LogP contribution in [0.3, 0.4) is 0 Å². The largest absolute Gasteiger partial charge is 0.489 e. The van der Waals surface area contributed by atoms with E-state index >= 15 is 0 Å². The van der Waals surface area contributed by atoms with Crippen LogP contribution in [0.1, 0.15) is 13.3 Å². The summed E-state index contributed by atoms with van der Waals surface area (Å²) in [5.41, 5.74) is 0. The SMILES string of the molecule is CC(CCOCC=C(Cl)Cl)Oc1c(Cl)cc(OCC=C(Cl)Cl)cc1Cl. The van der Waals surface area contributed by atoms with E-state index in [-0.39, 0.29) is 21.7 Å². The minimum Gasteiger partial charge on any atom is -0.489 e. The van der Waals surface area contributed by atoms with E-state index in [0.29, 0.717) is 41.2 Å². The Kier molecular flexibility index (Phi) is 11.4. The summed E-state index contributed by atoms with van der Waals surface area (Å²) >= 11 is 34.4. The topological polar surface area (TPSA) is 27.7 Å². The lowest BCUT2D eigenvalue weighted by atomic mass is 10.2. The average Bonchev–Trinajstić information content (AvgIpc) is 2.50. The zero-order chi connectivity index (χ0) is 18.8. The molecule has 0 amide bonds.